The van der Waals surface area contributed by atoms with Crippen molar-refractivity contribution >= 4 is 18.3 Å². The molecule has 1 saturated heterocycles. The number of hydrogen-bond acceptors (Lipinski definition) is 3. The van der Waals surface area contributed by atoms with Crippen LogP contribution in [-0.2, 0) is 11.8 Å². The summed E-state index contributed by atoms with van der Waals surface area (Å²) in [5.41, 5.74) is 2.33. The minimum Gasteiger partial charge on any atom is -0.341 e. The maximum atomic E-state index is 13.1. The minimum absolute atomic E-state index is 0. The van der Waals surface area contributed by atoms with Gasteiger partial charge < -0.3 is 10.2 Å². The number of likely N-dealkylation sites (tertiary alicyclic amines) is 1. The first kappa shape index (κ1) is 20.5. The SMILES string of the molecule is CCC1CN(C(=O)C(NC)c2cnn(C)c2)CCC1c1ccccc1.Cl. The fourth-order valence-electron chi connectivity index (χ4n) is 3.99. The minimum atomic E-state index is -0.320. The number of carbonyl (C=O) groups is 1. The molecule has 1 aromatic heterocycles. The summed E-state index contributed by atoms with van der Waals surface area (Å²) in [7, 11) is 3.71. The number of piperidine rings is 1. The Morgan fingerprint density at radius 1 is 1.35 bits per heavy atom. The van der Waals surface area contributed by atoms with Crippen LogP contribution in [0.3, 0.4) is 0 Å². The topological polar surface area (TPSA) is 50.2 Å². The van der Waals surface area contributed by atoms with Crippen molar-refractivity contribution in [3.05, 3.63) is 53.9 Å². The van der Waals surface area contributed by atoms with E-state index < -0.39 is 0 Å². The van der Waals surface area contributed by atoms with Crippen molar-refractivity contribution in [2.24, 2.45) is 13.0 Å². The van der Waals surface area contributed by atoms with Gasteiger partial charge in [0.15, 0.2) is 0 Å². The predicted molar refractivity (Wildman–Crippen MR) is 106 cm³/mol. The third kappa shape index (κ3) is 4.27. The Kier molecular flexibility index (Phi) is 7.23. The van der Waals surface area contributed by atoms with E-state index in [0.29, 0.717) is 11.8 Å². The molecule has 1 fully saturated rings. The van der Waals surface area contributed by atoms with Gasteiger partial charge in [-0.2, -0.15) is 5.10 Å². The lowest BCUT2D eigenvalue weighted by Crippen LogP contribution is -2.47. The normalized spacial score (nSPS) is 21.1. The molecule has 3 unspecified atom stereocenters. The van der Waals surface area contributed by atoms with Gasteiger partial charge in [0.25, 0.3) is 0 Å². The number of carbonyl (C=O) groups excluding carboxylic acids is 1. The number of nitrogens with zero attached hydrogens (tertiary/aromatic N) is 3. The van der Waals surface area contributed by atoms with Crippen molar-refractivity contribution in [2.45, 2.75) is 31.7 Å². The van der Waals surface area contributed by atoms with Crippen molar-refractivity contribution in [3.63, 3.8) is 0 Å². The molecule has 0 aliphatic carbocycles. The highest BCUT2D eigenvalue weighted by molar-refractivity contribution is 5.85. The molecule has 1 aliphatic rings. The monoisotopic (exact) mass is 376 g/mol. The van der Waals surface area contributed by atoms with Crippen LogP contribution in [-0.4, -0.2) is 40.7 Å². The van der Waals surface area contributed by atoms with Crippen LogP contribution in [0.15, 0.2) is 42.7 Å². The van der Waals surface area contributed by atoms with Gasteiger partial charge in [0.05, 0.1) is 6.20 Å². The molecule has 142 valence electrons. The number of aromatic nitrogens is 2. The van der Waals surface area contributed by atoms with E-state index in [2.05, 4.69) is 47.7 Å². The van der Waals surface area contributed by atoms with Crippen molar-refractivity contribution in [2.75, 3.05) is 20.1 Å². The number of benzene rings is 1. The van der Waals surface area contributed by atoms with Gasteiger partial charge in [0, 0.05) is 31.9 Å². The molecule has 1 N–H and O–H groups in total. The summed E-state index contributed by atoms with van der Waals surface area (Å²) in [6.07, 6.45) is 5.79. The molecule has 2 heterocycles. The summed E-state index contributed by atoms with van der Waals surface area (Å²) in [5.74, 6) is 1.20. The summed E-state index contributed by atoms with van der Waals surface area (Å²) in [6.45, 7) is 3.87. The Balaban J connectivity index is 0.00000243. The lowest BCUT2D eigenvalue weighted by Gasteiger charge is -2.40. The summed E-state index contributed by atoms with van der Waals surface area (Å²) < 4.78 is 1.74. The third-order valence-corrected chi connectivity index (χ3v) is 5.39. The van der Waals surface area contributed by atoms with E-state index in [9.17, 15) is 4.79 Å². The summed E-state index contributed by atoms with van der Waals surface area (Å²) in [4.78, 5) is 15.1. The molecule has 3 rings (SSSR count). The molecule has 1 aliphatic heterocycles. The summed E-state index contributed by atoms with van der Waals surface area (Å²) >= 11 is 0. The van der Waals surface area contributed by atoms with Crippen LogP contribution in [0.2, 0.25) is 0 Å². The van der Waals surface area contributed by atoms with Crippen LogP contribution < -0.4 is 5.32 Å². The molecule has 3 atom stereocenters. The molecule has 0 bridgehead atoms. The highest BCUT2D eigenvalue weighted by Crippen LogP contribution is 2.35. The van der Waals surface area contributed by atoms with Gasteiger partial charge in [0.2, 0.25) is 5.91 Å². The van der Waals surface area contributed by atoms with Crippen LogP contribution >= 0.6 is 12.4 Å². The number of amides is 1. The van der Waals surface area contributed by atoms with Crippen LogP contribution in [0.4, 0.5) is 0 Å². The first-order valence-electron chi connectivity index (χ1n) is 9.13. The van der Waals surface area contributed by atoms with Crippen LogP contribution in [0.25, 0.3) is 0 Å². The number of likely N-dealkylation sites (N-methyl/N-ethyl adjacent to an activating group) is 1. The molecule has 0 spiro atoms. The lowest BCUT2D eigenvalue weighted by atomic mass is 9.79. The average Bonchev–Trinajstić information content (AvgIpc) is 3.08. The Hall–Kier alpha value is -1.85. The van der Waals surface area contributed by atoms with E-state index in [4.69, 9.17) is 0 Å². The van der Waals surface area contributed by atoms with Crippen LogP contribution in [0.5, 0.6) is 0 Å². The van der Waals surface area contributed by atoms with E-state index in [1.807, 2.05) is 25.2 Å². The van der Waals surface area contributed by atoms with Crippen molar-refractivity contribution in [1.82, 2.24) is 20.0 Å². The third-order valence-electron chi connectivity index (χ3n) is 5.39. The number of nitrogens with one attached hydrogen (secondary N) is 1. The van der Waals surface area contributed by atoms with Crippen LogP contribution in [0, 0.1) is 5.92 Å². The molecule has 26 heavy (non-hydrogen) atoms. The van der Waals surface area contributed by atoms with Crippen molar-refractivity contribution < 1.29 is 4.79 Å². The Morgan fingerprint density at radius 3 is 2.65 bits per heavy atom. The highest BCUT2D eigenvalue weighted by atomic mass is 35.5. The standard InChI is InChI=1S/C20H28N4O.ClH/c1-4-15-14-24(11-10-18(15)16-8-6-5-7-9-16)20(25)19(21-2)17-12-22-23(3)13-17;/h5-9,12-13,15,18-19,21H,4,10-11,14H2,1-3H3;1H. The number of hydrogen-bond donors (Lipinski definition) is 1. The van der Waals surface area contributed by atoms with E-state index in [1.54, 1.807) is 10.9 Å². The largest absolute Gasteiger partial charge is 0.341 e. The second-order valence-corrected chi connectivity index (χ2v) is 6.93. The maximum Gasteiger partial charge on any atom is 0.244 e. The molecule has 1 amide bonds. The molecule has 2 aromatic rings. The molecular weight excluding hydrogens is 348 g/mol. The Bertz CT molecular complexity index is 703. The van der Waals surface area contributed by atoms with Gasteiger partial charge in [-0.25, -0.2) is 0 Å². The first-order chi connectivity index (χ1) is 12.1. The molecule has 1 aromatic carbocycles. The van der Waals surface area contributed by atoms with Gasteiger partial charge in [-0.05, 0) is 30.9 Å². The predicted octanol–water partition coefficient (Wildman–Crippen LogP) is 3.14. The molecule has 0 saturated carbocycles. The van der Waals surface area contributed by atoms with Gasteiger partial charge in [-0.15, -0.1) is 12.4 Å². The molecule has 0 radical (unpaired) electrons. The summed E-state index contributed by atoms with van der Waals surface area (Å²) in [5, 5.41) is 7.36. The average molecular weight is 377 g/mol. The number of rotatable bonds is 5. The van der Waals surface area contributed by atoms with Crippen molar-refractivity contribution in [1.29, 1.82) is 0 Å². The fourth-order valence-corrected chi connectivity index (χ4v) is 3.99. The van der Waals surface area contributed by atoms with E-state index in [-0.39, 0.29) is 24.4 Å². The van der Waals surface area contributed by atoms with Gasteiger partial charge in [-0.1, -0.05) is 43.7 Å². The zero-order chi connectivity index (χ0) is 17.8. The molecule has 5 nitrogen and oxygen atoms in total. The zero-order valence-electron chi connectivity index (χ0n) is 15.8. The first-order valence-corrected chi connectivity index (χ1v) is 9.13. The van der Waals surface area contributed by atoms with E-state index in [1.165, 1.54) is 5.56 Å². The lowest BCUT2D eigenvalue weighted by molar-refractivity contribution is -0.135. The van der Waals surface area contributed by atoms with Gasteiger partial charge in [0.1, 0.15) is 6.04 Å². The highest BCUT2D eigenvalue weighted by Gasteiger charge is 2.34. The molecule has 6 heteroatoms. The van der Waals surface area contributed by atoms with Gasteiger partial charge in [-0.3, -0.25) is 9.48 Å². The second-order valence-electron chi connectivity index (χ2n) is 6.93. The second kappa shape index (κ2) is 9.19. The molecular formula is C20H29ClN4O. The maximum absolute atomic E-state index is 13.1. The Labute approximate surface area is 162 Å². The summed E-state index contributed by atoms with van der Waals surface area (Å²) in [6, 6.07) is 10.4. The fraction of sp³-hybridized carbons (Fsp3) is 0.500. The quantitative estimate of drug-likeness (QED) is 0.872. The smallest absolute Gasteiger partial charge is 0.244 e. The number of aryl methyl sites for hydroxylation is 1. The van der Waals surface area contributed by atoms with Crippen molar-refractivity contribution in [3.8, 4) is 0 Å². The van der Waals surface area contributed by atoms with Crippen LogP contribution in [0.1, 0.15) is 42.9 Å². The van der Waals surface area contributed by atoms with E-state index in [0.717, 1.165) is 31.5 Å². The van der Waals surface area contributed by atoms with Gasteiger partial charge >= 0.3 is 0 Å². The van der Waals surface area contributed by atoms with E-state index >= 15 is 0 Å². The number of halogens is 1. The Morgan fingerprint density at radius 2 is 2.08 bits per heavy atom. The zero-order valence-corrected chi connectivity index (χ0v) is 16.6.